The Morgan fingerprint density at radius 2 is 1.86 bits per heavy atom. The molecule has 1 aliphatic heterocycles. The number of hydrogen-bond acceptors (Lipinski definition) is 5. The van der Waals surface area contributed by atoms with E-state index in [1.165, 1.54) is 18.2 Å². The van der Waals surface area contributed by atoms with Crippen molar-refractivity contribution in [3.05, 3.63) is 88.6 Å². The third-order valence-electron chi connectivity index (χ3n) is 7.52. The van der Waals surface area contributed by atoms with E-state index in [0.29, 0.717) is 59.4 Å². The number of nitrogens with zero attached hydrogens (tertiary/aromatic N) is 4. The summed E-state index contributed by atoms with van der Waals surface area (Å²) in [5.41, 5.74) is 3.54. The fourth-order valence-corrected chi connectivity index (χ4v) is 5.73. The van der Waals surface area contributed by atoms with Gasteiger partial charge in [-0.1, -0.05) is 37.9 Å². The molecule has 4 aromatic rings. The van der Waals surface area contributed by atoms with Crippen LogP contribution in [0.5, 0.6) is 5.75 Å². The molecule has 1 amide bonds. The first kappa shape index (κ1) is 30.5. The van der Waals surface area contributed by atoms with Gasteiger partial charge in [0.05, 0.1) is 16.4 Å². The number of hydrogen-bond donors (Lipinski definition) is 1. The number of alkyl halides is 3. The minimum Gasteiger partial charge on any atom is -0.406 e. The van der Waals surface area contributed by atoms with E-state index in [4.69, 9.17) is 11.6 Å². The molecular weight excluding hydrogens is 586 g/mol. The number of nitrogens with one attached hydrogen (secondary N) is 1. The zero-order valence-corrected chi connectivity index (χ0v) is 24.6. The van der Waals surface area contributed by atoms with Crippen LogP contribution < -0.4 is 19.9 Å². The molecular formula is C31H32ClF4N5O2. The Bertz CT molecular complexity index is 1590. The fraction of sp³-hybridized carbons (Fsp3) is 0.355. The lowest BCUT2D eigenvalue weighted by Gasteiger charge is -2.44. The SMILES string of the molecule is CCC[C@H]1CN(c2ccc(CNC(=O)c3c(CC)nc4ccc(Cl)cn34)cc2F)CCN1c1ccc(OC(F)(F)F)cc1. The first-order chi connectivity index (χ1) is 20.6. The molecule has 2 aromatic heterocycles. The summed E-state index contributed by atoms with van der Waals surface area (Å²) in [7, 11) is 0. The molecule has 0 spiro atoms. The summed E-state index contributed by atoms with van der Waals surface area (Å²) < 4.78 is 58.7. The highest BCUT2D eigenvalue weighted by atomic mass is 35.5. The maximum Gasteiger partial charge on any atom is 0.573 e. The minimum atomic E-state index is -4.74. The molecule has 1 N–H and O–H groups in total. The average molecular weight is 618 g/mol. The second kappa shape index (κ2) is 12.7. The molecule has 43 heavy (non-hydrogen) atoms. The number of pyridine rings is 1. The summed E-state index contributed by atoms with van der Waals surface area (Å²) >= 11 is 6.14. The Morgan fingerprint density at radius 1 is 1.09 bits per heavy atom. The maximum atomic E-state index is 15.4. The largest absolute Gasteiger partial charge is 0.573 e. The molecule has 12 heteroatoms. The second-order valence-corrected chi connectivity index (χ2v) is 10.9. The van der Waals surface area contributed by atoms with Crippen molar-refractivity contribution >= 4 is 34.5 Å². The number of carbonyl (C=O) groups excluding carboxylic acids is 1. The van der Waals surface area contributed by atoms with Gasteiger partial charge in [0.15, 0.2) is 0 Å². The molecule has 1 saturated heterocycles. The Balaban J connectivity index is 1.25. The van der Waals surface area contributed by atoms with Gasteiger partial charge in [-0.3, -0.25) is 9.20 Å². The van der Waals surface area contributed by atoms with E-state index in [-0.39, 0.29) is 30.1 Å². The van der Waals surface area contributed by atoms with Gasteiger partial charge < -0.3 is 19.9 Å². The Kier molecular flexibility index (Phi) is 9.00. The molecule has 1 aliphatic rings. The molecule has 0 unspecified atom stereocenters. The zero-order chi connectivity index (χ0) is 30.7. The number of imidazole rings is 1. The van der Waals surface area contributed by atoms with Crippen LogP contribution in [0.25, 0.3) is 5.65 Å². The monoisotopic (exact) mass is 617 g/mol. The van der Waals surface area contributed by atoms with Gasteiger partial charge in [-0.2, -0.15) is 0 Å². The van der Waals surface area contributed by atoms with E-state index in [0.717, 1.165) is 18.5 Å². The standard InChI is InChI=1S/C31H32ClF4N5O2/c1-3-5-23-19-39(14-15-40(23)22-8-10-24(11-9-22)43-31(34,35)36)27-12-6-20(16-25(27)33)17-37-30(42)29-26(4-2)38-28-13-7-21(32)18-41(28)29/h6-13,16,18,23H,3-5,14-15,17,19H2,1-2H3,(H,37,42)/t23-/m0/s1. The van der Waals surface area contributed by atoms with Gasteiger partial charge in [0.1, 0.15) is 22.9 Å². The van der Waals surface area contributed by atoms with Crippen LogP contribution in [0, 0.1) is 5.82 Å². The van der Waals surface area contributed by atoms with Crippen LogP contribution in [-0.2, 0) is 13.0 Å². The topological polar surface area (TPSA) is 62.1 Å². The lowest BCUT2D eigenvalue weighted by molar-refractivity contribution is -0.274. The molecule has 7 nitrogen and oxygen atoms in total. The highest BCUT2D eigenvalue weighted by molar-refractivity contribution is 6.30. The third kappa shape index (κ3) is 6.98. The van der Waals surface area contributed by atoms with Crippen LogP contribution in [0.1, 0.15) is 48.4 Å². The average Bonchev–Trinajstić information content (AvgIpc) is 3.34. The van der Waals surface area contributed by atoms with Crippen LogP contribution in [-0.4, -0.2) is 47.3 Å². The van der Waals surface area contributed by atoms with Gasteiger partial charge in [0, 0.05) is 44.1 Å². The van der Waals surface area contributed by atoms with Crippen LogP contribution in [0.2, 0.25) is 5.02 Å². The number of rotatable bonds is 9. The number of aromatic nitrogens is 2. The summed E-state index contributed by atoms with van der Waals surface area (Å²) in [6.07, 6.45) is -0.808. The van der Waals surface area contributed by atoms with Gasteiger partial charge in [-0.25, -0.2) is 9.37 Å². The van der Waals surface area contributed by atoms with Crippen molar-refractivity contribution in [2.75, 3.05) is 29.4 Å². The van der Waals surface area contributed by atoms with E-state index >= 15 is 4.39 Å². The summed E-state index contributed by atoms with van der Waals surface area (Å²) in [6.45, 7) is 5.77. The number of ether oxygens (including phenoxy) is 1. The highest BCUT2D eigenvalue weighted by Crippen LogP contribution is 2.31. The van der Waals surface area contributed by atoms with Crippen LogP contribution in [0.3, 0.4) is 0 Å². The summed E-state index contributed by atoms with van der Waals surface area (Å²) in [6, 6.07) is 14.3. The van der Waals surface area contributed by atoms with Gasteiger partial charge in [-0.05, 0) is 66.9 Å². The molecule has 0 aliphatic carbocycles. The molecule has 0 bridgehead atoms. The smallest absolute Gasteiger partial charge is 0.406 e. The Morgan fingerprint density at radius 3 is 2.53 bits per heavy atom. The second-order valence-electron chi connectivity index (χ2n) is 10.4. The Labute approximate surface area is 252 Å². The van der Waals surface area contributed by atoms with E-state index in [1.54, 1.807) is 47.0 Å². The lowest BCUT2D eigenvalue weighted by atomic mass is 10.0. The highest BCUT2D eigenvalue weighted by Gasteiger charge is 2.32. The molecule has 2 aromatic carbocycles. The molecule has 1 fully saturated rings. The van der Waals surface area contributed by atoms with Crippen molar-refractivity contribution < 1.29 is 27.1 Å². The lowest BCUT2D eigenvalue weighted by Crippen LogP contribution is -2.53. The summed E-state index contributed by atoms with van der Waals surface area (Å²) in [5, 5.41) is 3.36. The Hall–Kier alpha value is -3.99. The van der Waals surface area contributed by atoms with Gasteiger partial charge in [-0.15, -0.1) is 13.2 Å². The first-order valence-corrected chi connectivity index (χ1v) is 14.5. The van der Waals surface area contributed by atoms with Crippen molar-refractivity contribution in [1.29, 1.82) is 0 Å². The maximum absolute atomic E-state index is 15.4. The first-order valence-electron chi connectivity index (χ1n) is 14.2. The predicted octanol–water partition coefficient (Wildman–Crippen LogP) is 7.01. The quantitative estimate of drug-likeness (QED) is 0.205. The van der Waals surface area contributed by atoms with Crippen LogP contribution in [0.4, 0.5) is 28.9 Å². The van der Waals surface area contributed by atoms with Gasteiger partial charge >= 0.3 is 6.36 Å². The molecule has 0 saturated carbocycles. The number of carbonyl (C=O) groups is 1. The van der Waals surface area contributed by atoms with Crippen LogP contribution >= 0.6 is 11.6 Å². The van der Waals surface area contributed by atoms with Crippen molar-refractivity contribution in [3.63, 3.8) is 0 Å². The number of piperazine rings is 1. The number of anilines is 2. The van der Waals surface area contributed by atoms with Gasteiger partial charge in [0.25, 0.3) is 5.91 Å². The summed E-state index contributed by atoms with van der Waals surface area (Å²) in [5.74, 6) is -0.985. The summed E-state index contributed by atoms with van der Waals surface area (Å²) in [4.78, 5) is 21.8. The molecule has 5 rings (SSSR count). The van der Waals surface area contributed by atoms with Crippen molar-refractivity contribution in [3.8, 4) is 5.75 Å². The molecule has 228 valence electrons. The number of halogens is 5. The van der Waals surface area contributed by atoms with Crippen LogP contribution in [0.15, 0.2) is 60.8 Å². The zero-order valence-electron chi connectivity index (χ0n) is 23.8. The fourth-order valence-electron chi connectivity index (χ4n) is 5.57. The van der Waals surface area contributed by atoms with Crippen molar-refractivity contribution in [2.24, 2.45) is 0 Å². The minimum absolute atomic E-state index is 0.0400. The normalized spacial score (nSPS) is 15.7. The van der Waals surface area contributed by atoms with E-state index in [9.17, 15) is 18.0 Å². The van der Waals surface area contributed by atoms with Crippen molar-refractivity contribution in [2.45, 2.75) is 52.1 Å². The van der Waals surface area contributed by atoms with Gasteiger partial charge in [0.2, 0.25) is 0 Å². The number of amides is 1. The molecule has 0 radical (unpaired) electrons. The number of fused-ring (bicyclic) bond motifs is 1. The molecule has 1 atom stereocenters. The van der Waals surface area contributed by atoms with E-state index < -0.39 is 6.36 Å². The predicted molar refractivity (Wildman–Crippen MR) is 159 cm³/mol. The van der Waals surface area contributed by atoms with E-state index in [1.807, 2.05) is 11.8 Å². The number of aryl methyl sites for hydroxylation is 1. The third-order valence-corrected chi connectivity index (χ3v) is 7.74. The van der Waals surface area contributed by atoms with E-state index in [2.05, 4.69) is 26.9 Å². The van der Waals surface area contributed by atoms with Crippen molar-refractivity contribution in [1.82, 2.24) is 14.7 Å². The number of benzene rings is 2. The molecule has 3 heterocycles.